The lowest BCUT2D eigenvalue weighted by Crippen LogP contribution is -2.28. The average Bonchev–Trinajstić information content (AvgIpc) is 2.57. The van der Waals surface area contributed by atoms with Gasteiger partial charge in [-0.1, -0.05) is 6.92 Å². The Bertz CT molecular complexity index is 113. The first-order valence-corrected chi connectivity index (χ1v) is 7.08. The van der Waals surface area contributed by atoms with E-state index in [9.17, 15) is 0 Å². The van der Waals surface area contributed by atoms with Crippen molar-refractivity contribution < 1.29 is 0 Å². The van der Waals surface area contributed by atoms with Gasteiger partial charge in [-0.3, -0.25) is 0 Å². The predicted octanol–water partition coefficient (Wildman–Crippen LogP) is 2.08. The first-order chi connectivity index (χ1) is 5.83. The number of thioether (sulfide) groups is 2. The molecule has 0 saturated carbocycles. The zero-order chi connectivity index (χ0) is 8.81. The Morgan fingerprint density at radius 1 is 1.67 bits per heavy atom. The molecule has 2 atom stereocenters. The van der Waals surface area contributed by atoms with Gasteiger partial charge in [0.25, 0.3) is 0 Å². The van der Waals surface area contributed by atoms with Crippen LogP contribution in [0, 0.1) is 5.92 Å². The number of rotatable bonds is 5. The van der Waals surface area contributed by atoms with Crippen LogP contribution in [0.5, 0.6) is 0 Å². The third-order valence-electron chi connectivity index (χ3n) is 2.29. The molecular weight excluding hydrogens is 186 g/mol. The molecule has 0 bridgehead atoms. The summed E-state index contributed by atoms with van der Waals surface area (Å²) < 4.78 is 0. The first-order valence-electron chi connectivity index (χ1n) is 4.64. The highest BCUT2D eigenvalue weighted by Gasteiger charge is 2.14. The molecular formula is C9H19NS2. The van der Waals surface area contributed by atoms with Crippen LogP contribution in [0.25, 0.3) is 0 Å². The lowest BCUT2D eigenvalue weighted by Gasteiger charge is -2.12. The molecule has 72 valence electrons. The van der Waals surface area contributed by atoms with Crippen molar-refractivity contribution in [3.05, 3.63) is 0 Å². The summed E-state index contributed by atoms with van der Waals surface area (Å²) in [6.45, 7) is 4.68. The normalized spacial score (nSPS) is 26.0. The maximum absolute atomic E-state index is 3.54. The van der Waals surface area contributed by atoms with E-state index in [1.54, 1.807) is 0 Å². The number of nitrogens with one attached hydrogen (secondary N) is 1. The molecule has 0 amide bonds. The Labute approximate surface area is 84.4 Å². The second-order valence-electron chi connectivity index (χ2n) is 3.43. The molecule has 0 unspecified atom stereocenters. The van der Waals surface area contributed by atoms with E-state index in [1.165, 1.54) is 31.0 Å². The predicted molar refractivity (Wildman–Crippen MR) is 61.3 cm³/mol. The van der Waals surface area contributed by atoms with Crippen LogP contribution in [0.2, 0.25) is 0 Å². The molecule has 1 fully saturated rings. The lowest BCUT2D eigenvalue weighted by molar-refractivity contribution is 0.525. The van der Waals surface area contributed by atoms with Crippen molar-refractivity contribution in [2.75, 3.05) is 30.9 Å². The standard InChI is InChI=1S/C9H19NS2/c1-8(11-2)5-10-6-9-3-4-12-7-9/h8-10H,3-7H2,1-2H3/t8-,9+/m1/s1. The van der Waals surface area contributed by atoms with E-state index < -0.39 is 0 Å². The molecule has 0 aliphatic carbocycles. The quantitative estimate of drug-likeness (QED) is 0.738. The minimum Gasteiger partial charge on any atom is -0.315 e. The average molecular weight is 205 g/mol. The van der Waals surface area contributed by atoms with Gasteiger partial charge in [-0.05, 0) is 36.6 Å². The van der Waals surface area contributed by atoms with Crippen LogP contribution in [0.1, 0.15) is 13.3 Å². The molecule has 0 aromatic carbocycles. The summed E-state index contributed by atoms with van der Waals surface area (Å²) >= 11 is 4.04. The van der Waals surface area contributed by atoms with E-state index in [0.29, 0.717) is 0 Å². The van der Waals surface area contributed by atoms with Gasteiger partial charge >= 0.3 is 0 Å². The Hall–Kier alpha value is 0.660. The minimum absolute atomic E-state index is 0.763. The zero-order valence-corrected chi connectivity index (χ0v) is 9.64. The van der Waals surface area contributed by atoms with Crippen LogP contribution in [0.4, 0.5) is 0 Å². The summed E-state index contributed by atoms with van der Waals surface area (Å²) in [7, 11) is 0. The molecule has 1 saturated heterocycles. The summed E-state index contributed by atoms with van der Waals surface area (Å²) in [5, 5.41) is 4.31. The fourth-order valence-corrected chi connectivity index (χ4v) is 2.89. The summed E-state index contributed by atoms with van der Waals surface area (Å²) in [5.41, 5.74) is 0. The Balaban J connectivity index is 1.94. The van der Waals surface area contributed by atoms with Crippen LogP contribution in [0.15, 0.2) is 0 Å². The molecule has 1 rings (SSSR count). The second-order valence-corrected chi connectivity index (χ2v) is 5.86. The van der Waals surface area contributed by atoms with Gasteiger partial charge in [-0.25, -0.2) is 0 Å². The SMILES string of the molecule is CS[C@H](C)CNC[C@@H]1CCSC1. The van der Waals surface area contributed by atoms with Crippen molar-refractivity contribution in [3.8, 4) is 0 Å². The van der Waals surface area contributed by atoms with E-state index >= 15 is 0 Å². The van der Waals surface area contributed by atoms with Gasteiger partial charge in [0.2, 0.25) is 0 Å². The van der Waals surface area contributed by atoms with Crippen LogP contribution in [-0.2, 0) is 0 Å². The molecule has 1 aliphatic heterocycles. The third kappa shape index (κ3) is 4.06. The molecule has 1 heterocycles. The van der Waals surface area contributed by atoms with Crippen molar-refractivity contribution in [2.24, 2.45) is 5.92 Å². The van der Waals surface area contributed by atoms with Crippen molar-refractivity contribution >= 4 is 23.5 Å². The highest BCUT2D eigenvalue weighted by Crippen LogP contribution is 2.22. The Morgan fingerprint density at radius 3 is 3.08 bits per heavy atom. The van der Waals surface area contributed by atoms with Crippen molar-refractivity contribution in [1.29, 1.82) is 0 Å². The van der Waals surface area contributed by atoms with E-state index in [0.717, 1.165) is 11.2 Å². The van der Waals surface area contributed by atoms with Gasteiger partial charge < -0.3 is 5.32 Å². The molecule has 0 aromatic rings. The van der Waals surface area contributed by atoms with Gasteiger partial charge in [0.05, 0.1) is 0 Å². The Kier molecular flexibility index (Phi) is 5.52. The van der Waals surface area contributed by atoms with Gasteiger partial charge in [0.15, 0.2) is 0 Å². The van der Waals surface area contributed by atoms with Crippen LogP contribution >= 0.6 is 23.5 Å². The van der Waals surface area contributed by atoms with E-state index in [1.807, 2.05) is 11.8 Å². The molecule has 12 heavy (non-hydrogen) atoms. The summed E-state index contributed by atoms with van der Waals surface area (Å²) in [5.74, 6) is 3.70. The molecule has 1 N–H and O–H groups in total. The first kappa shape index (κ1) is 10.7. The summed E-state index contributed by atoms with van der Waals surface area (Å²) in [4.78, 5) is 0. The molecule has 0 radical (unpaired) electrons. The second kappa shape index (κ2) is 6.17. The largest absolute Gasteiger partial charge is 0.315 e. The van der Waals surface area contributed by atoms with Crippen molar-refractivity contribution in [1.82, 2.24) is 5.32 Å². The zero-order valence-electron chi connectivity index (χ0n) is 8.01. The molecule has 0 aromatic heterocycles. The maximum Gasteiger partial charge on any atom is 0.0141 e. The third-order valence-corrected chi connectivity index (χ3v) is 4.49. The van der Waals surface area contributed by atoms with Crippen molar-refractivity contribution in [2.45, 2.75) is 18.6 Å². The van der Waals surface area contributed by atoms with Gasteiger partial charge in [-0.2, -0.15) is 23.5 Å². The van der Waals surface area contributed by atoms with Crippen LogP contribution < -0.4 is 5.32 Å². The van der Waals surface area contributed by atoms with Crippen LogP contribution in [0.3, 0.4) is 0 Å². The monoisotopic (exact) mass is 205 g/mol. The smallest absolute Gasteiger partial charge is 0.0141 e. The highest BCUT2D eigenvalue weighted by atomic mass is 32.2. The highest BCUT2D eigenvalue weighted by molar-refractivity contribution is 7.99. The topological polar surface area (TPSA) is 12.0 Å². The Morgan fingerprint density at radius 2 is 2.50 bits per heavy atom. The fourth-order valence-electron chi connectivity index (χ4n) is 1.32. The summed E-state index contributed by atoms with van der Waals surface area (Å²) in [6, 6.07) is 0. The maximum atomic E-state index is 3.54. The van der Waals surface area contributed by atoms with E-state index in [-0.39, 0.29) is 0 Å². The molecule has 0 spiro atoms. The minimum atomic E-state index is 0.763. The van der Waals surface area contributed by atoms with E-state index in [2.05, 4.69) is 30.3 Å². The number of hydrogen-bond acceptors (Lipinski definition) is 3. The molecule has 3 heteroatoms. The lowest BCUT2D eigenvalue weighted by atomic mass is 10.1. The molecule has 1 aliphatic rings. The van der Waals surface area contributed by atoms with Gasteiger partial charge in [-0.15, -0.1) is 0 Å². The van der Waals surface area contributed by atoms with Crippen LogP contribution in [-0.4, -0.2) is 36.1 Å². The van der Waals surface area contributed by atoms with E-state index in [4.69, 9.17) is 0 Å². The molecule has 1 nitrogen and oxygen atoms in total. The fraction of sp³-hybridized carbons (Fsp3) is 1.00. The van der Waals surface area contributed by atoms with Gasteiger partial charge in [0, 0.05) is 11.8 Å². The van der Waals surface area contributed by atoms with Crippen molar-refractivity contribution in [3.63, 3.8) is 0 Å². The van der Waals surface area contributed by atoms with Gasteiger partial charge in [0.1, 0.15) is 0 Å². The number of hydrogen-bond donors (Lipinski definition) is 1. The summed E-state index contributed by atoms with van der Waals surface area (Å²) in [6.07, 6.45) is 3.60.